The summed E-state index contributed by atoms with van der Waals surface area (Å²) in [6.07, 6.45) is 10.8. The molecule has 2 heterocycles. The van der Waals surface area contributed by atoms with Crippen LogP contribution in [0.15, 0.2) is 24.3 Å². The SMILES string of the molecule is CN1CCN(C2C=CC=CC2C2SCCCS2)CC1. The summed E-state index contributed by atoms with van der Waals surface area (Å²) in [6, 6.07) is 0.627. The fourth-order valence-corrected chi connectivity index (χ4v) is 6.26. The molecule has 2 nitrogen and oxygen atoms in total. The smallest absolute Gasteiger partial charge is 0.0583 e. The van der Waals surface area contributed by atoms with Crippen molar-refractivity contribution in [1.29, 1.82) is 0 Å². The molecule has 2 unspecified atom stereocenters. The summed E-state index contributed by atoms with van der Waals surface area (Å²) >= 11 is 4.36. The quantitative estimate of drug-likeness (QED) is 0.772. The van der Waals surface area contributed by atoms with Gasteiger partial charge >= 0.3 is 0 Å². The normalized spacial score (nSPS) is 34.8. The molecule has 2 aliphatic heterocycles. The molecule has 0 bridgehead atoms. The molecule has 1 aliphatic carbocycles. The first-order valence-electron chi connectivity index (χ1n) is 7.35. The molecule has 4 heteroatoms. The van der Waals surface area contributed by atoms with E-state index in [9.17, 15) is 0 Å². The number of piperazine rings is 1. The maximum absolute atomic E-state index is 2.69. The van der Waals surface area contributed by atoms with Crippen LogP contribution in [0, 0.1) is 5.92 Å². The Bertz CT molecular complexity index is 342. The molecule has 3 rings (SSSR count). The highest BCUT2D eigenvalue weighted by atomic mass is 32.2. The van der Waals surface area contributed by atoms with E-state index in [-0.39, 0.29) is 0 Å². The number of allylic oxidation sites excluding steroid dienone is 2. The Morgan fingerprint density at radius 1 is 0.947 bits per heavy atom. The molecule has 0 aromatic heterocycles. The van der Waals surface area contributed by atoms with E-state index in [1.165, 1.54) is 44.1 Å². The lowest BCUT2D eigenvalue weighted by Gasteiger charge is -2.42. The number of likely N-dealkylation sites (N-methyl/N-ethyl adjacent to an activating group) is 1. The van der Waals surface area contributed by atoms with Crippen LogP contribution in [-0.4, -0.2) is 65.2 Å². The zero-order valence-electron chi connectivity index (χ0n) is 11.7. The van der Waals surface area contributed by atoms with Crippen LogP contribution in [0.4, 0.5) is 0 Å². The van der Waals surface area contributed by atoms with Gasteiger partial charge in [-0.15, -0.1) is 23.5 Å². The fourth-order valence-electron chi connectivity index (χ4n) is 3.08. The highest BCUT2D eigenvalue weighted by Crippen LogP contribution is 2.40. The first-order chi connectivity index (χ1) is 9.34. The minimum Gasteiger partial charge on any atom is -0.304 e. The number of thioether (sulfide) groups is 2. The van der Waals surface area contributed by atoms with Crippen molar-refractivity contribution in [2.75, 3.05) is 44.7 Å². The van der Waals surface area contributed by atoms with Crippen molar-refractivity contribution >= 4 is 23.5 Å². The van der Waals surface area contributed by atoms with Gasteiger partial charge in [0.2, 0.25) is 0 Å². The van der Waals surface area contributed by atoms with E-state index in [1.54, 1.807) is 0 Å². The van der Waals surface area contributed by atoms with Gasteiger partial charge in [0.25, 0.3) is 0 Å². The van der Waals surface area contributed by atoms with E-state index >= 15 is 0 Å². The number of hydrogen-bond acceptors (Lipinski definition) is 4. The van der Waals surface area contributed by atoms with E-state index in [1.807, 2.05) is 0 Å². The Kier molecular flexibility index (Phi) is 4.96. The monoisotopic (exact) mass is 296 g/mol. The van der Waals surface area contributed by atoms with Crippen molar-refractivity contribution < 1.29 is 0 Å². The lowest BCUT2D eigenvalue weighted by Crippen LogP contribution is -2.52. The molecule has 0 radical (unpaired) electrons. The van der Waals surface area contributed by atoms with Crippen molar-refractivity contribution in [3.8, 4) is 0 Å². The van der Waals surface area contributed by atoms with E-state index in [2.05, 4.69) is 64.7 Å². The van der Waals surface area contributed by atoms with Gasteiger partial charge in [0.1, 0.15) is 0 Å². The third-order valence-electron chi connectivity index (χ3n) is 4.27. The third-order valence-corrected chi connectivity index (χ3v) is 7.42. The fraction of sp³-hybridized carbons (Fsp3) is 0.733. The van der Waals surface area contributed by atoms with Crippen LogP contribution < -0.4 is 0 Å². The van der Waals surface area contributed by atoms with Crippen molar-refractivity contribution in [3.63, 3.8) is 0 Å². The Morgan fingerprint density at radius 3 is 2.37 bits per heavy atom. The van der Waals surface area contributed by atoms with E-state index < -0.39 is 0 Å². The Morgan fingerprint density at radius 2 is 1.63 bits per heavy atom. The molecule has 19 heavy (non-hydrogen) atoms. The second-order valence-electron chi connectivity index (χ2n) is 5.64. The minimum atomic E-state index is 0.627. The summed E-state index contributed by atoms with van der Waals surface area (Å²) < 4.78 is 0.764. The Labute approximate surface area is 125 Å². The third kappa shape index (κ3) is 3.41. The predicted octanol–water partition coefficient (Wildman–Crippen LogP) is 2.54. The van der Waals surface area contributed by atoms with Crippen LogP contribution in [-0.2, 0) is 0 Å². The standard InChI is InChI=1S/C15H24N2S2/c1-16-7-9-17(10-8-16)14-6-3-2-5-13(14)15-18-11-4-12-19-15/h2-3,5-6,13-15H,4,7-12H2,1H3. The summed E-state index contributed by atoms with van der Waals surface area (Å²) in [5.41, 5.74) is 0. The zero-order valence-corrected chi connectivity index (χ0v) is 13.3. The summed E-state index contributed by atoms with van der Waals surface area (Å²) in [5, 5.41) is 0. The summed E-state index contributed by atoms with van der Waals surface area (Å²) in [7, 11) is 2.23. The van der Waals surface area contributed by atoms with E-state index in [4.69, 9.17) is 0 Å². The van der Waals surface area contributed by atoms with Crippen LogP contribution in [0.3, 0.4) is 0 Å². The molecule has 2 atom stereocenters. The molecule has 0 N–H and O–H groups in total. The molecule has 2 fully saturated rings. The summed E-state index contributed by atoms with van der Waals surface area (Å²) in [4.78, 5) is 5.14. The van der Waals surface area contributed by atoms with Gasteiger partial charge in [-0.3, -0.25) is 4.90 Å². The zero-order chi connectivity index (χ0) is 13.1. The van der Waals surface area contributed by atoms with Gasteiger partial charge in [-0.05, 0) is 25.0 Å². The van der Waals surface area contributed by atoms with Crippen LogP contribution in [0.2, 0.25) is 0 Å². The number of hydrogen-bond donors (Lipinski definition) is 0. The maximum atomic E-state index is 2.69. The van der Waals surface area contributed by atoms with Crippen molar-refractivity contribution in [2.45, 2.75) is 17.0 Å². The second-order valence-corrected chi connectivity index (χ2v) is 8.44. The molecule has 2 saturated heterocycles. The van der Waals surface area contributed by atoms with Gasteiger partial charge in [-0.25, -0.2) is 0 Å². The van der Waals surface area contributed by atoms with Crippen LogP contribution >= 0.6 is 23.5 Å². The molecular formula is C15H24N2S2. The predicted molar refractivity (Wildman–Crippen MR) is 87.9 cm³/mol. The van der Waals surface area contributed by atoms with Gasteiger partial charge in [0, 0.05) is 38.1 Å². The molecule has 0 aromatic rings. The molecule has 0 saturated carbocycles. The molecule has 106 valence electrons. The summed E-state index contributed by atoms with van der Waals surface area (Å²) in [6.45, 7) is 4.87. The highest BCUT2D eigenvalue weighted by molar-refractivity contribution is 8.17. The average Bonchev–Trinajstić information content (AvgIpc) is 2.49. The van der Waals surface area contributed by atoms with E-state index in [0.717, 1.165) is 4.58 Å². The van der Waals surface area contributed by atoms with Gasteiger partial charge in [-0.1, -0.05) is 24.3 Å². The first kappa shape index (κ1) is 14.1. The van der Waals surface area contributed by atoms with Gasteiger partial charge in [-0.2, -0.15) is 0 Å². The molecular weight excluding hydrogens is 272 g/mol. The minimum absolute atomic E-state index is 0.627. The number of rotatable bonds is 2. The van der Waals surface area contributed by atoms with Crippen LogP contribution in [0.1, 0.15) is 6.42 Å². The Balaban J connectivity index is 1.67. The first-order valence-corrected chi connectivity index (χ1v) is 9.45. The lowest BCUT2D eigenvalue weighted by atomic mass is 9.94. The molecule has 0 spiro atoms. The lowest BCUT2D eigenvalue weighted by molar-refractivity contribution is 0.114. The van der Waals surface area contributed by atoms with Gasteiger partial charge in [0.15, 0.2) is 0 Å². The van der Waals surface area contributed by atoms with E-state index in [0.29, 0.717) is 12.0 Å². The average molecular weight is 297 g/mol. The van der Waals surface area contributed by atoms with Crippen molar-refractivity contribution in [3.05, 3.63) is 24.3 Å². The summed E-state index contributed by atoms with van der Waals surface area (Å²) in [5.74, 6) is 3.39. The molecule has 0 amide bonds. The largest absolute Gasteiger partial charge is 0.304 e. The molecule has 0 aromatic carbocycles. The highest BCUT2D eigenvalue weighted by Gasteiger charge is 2.33. The maximum Gasteiger partial charge on any atom is 0.0583 e. The number of nitrogens with zero attached hydrogens (tertiary/aromatic N) is 2. The van der Waals surface area contributed by atoms with Gasteiger partial charge in [0.05, 0.1) is 4.58 Å². The van der Waals surface area contributed by atoms with Crippen molar-refractivity contribution in [2.24, 2.45) is 5.92 Å². The molecule has 3 aliphatic rings. The topological polar surface area (TPSA) is 6.48 Å². The Hall–Kier alpha value is 0.1000. The van der Waals surface area contributed by atoms with Gasteiger partial charge < -0.3 is 4.90 Å². The van der Waals surface area contributed by atoms with Crippen LogP contribution in [0.25, 0.3) is 0 Å². The van der Waals surface area contributed by atoms with Crippen LogP contribution in [0.5, 0.6) is 0 Å². The second kappa shape index (κ2) is 6.70. The van der Waals surface area contributed by atoms with Crippen molar-refractivity contribution in [1.82, 2.24) is 9.80 Å².